The first-order valence-electron chi connectivity index (χ1n) is 5.32. The summed E-state index contributed by atoms with van der Waals surface area (Å²) in [5.41, 5.74) is -0.703. The van der Waals surface area contributed by atoms with Crippen LogP contribution in [0.5, 0.6) is 0 Å². The molecule has 0 heterocycles. The van der Waals surface area contributed by atoms with E-state index in [2.05, 4.69) is 12.2 Å². The fourth-order valence-corrected chi connectivity index (χ4v) is 1.79. The quantitative estimate of drug-likeness (QED) is 0.751. The molecule has 1 saturated carbocycles. The van der Waals surface area contributed by atoms with Gasteiger partial charge in [-0.05, 0) is 39.0 Å². The minimum absolute atomic E-state index is 0.000833. The van der Waals surface area contributed by atoms with Crippen molar-refractivity contribution in [3.05, 3.63) is 0 Å². The molecule has 1 fully saturated rings. The topological polar surface area (TPSA) is 38.3 Å². The van der Waals surface area contributed by atoms with Crippen LogP contribution < -0.4 is 5.32 Å². The van der Waals surface area contributed by atoms with Gasteiger partial charge in [0.25, 0.3) is 5.91 Å². The number of nitrogens with one attached hydrogen (secondary N) is 1. The van der Waals surface area contributed by atoms with Gasteiger partial charge in [-0.3, -0.25) is 4.79 Å². The smallest absolute Gasteiger partial charge is 0.251 e. The van der Waals surface area contributed by atoms with Crippen LogP contribution in [-0.2, 0) is 9.53 Å². The van der Waals surface area contributed by atoms with Crippen LogP contribution in [0, 0.1) is 5.92 Å². The van der Waals surface area contributed by atoms with E-state index >= 15 is 0 Å². The molecular weight excluding hydrogens is 178 g/mol. The lowest BCUT2D eigenvalue weighted by atomic mass is 10.1. The Morgan fingerprint density at radius 2 is 2.07 bits per heavy atom. The van der Waals surface area contributed by atoms with E-state index in [4.69, 9.17) is 4.74 Å². The minimum atomic E-state index is -0.703. The molecule has 3 heteroatoms. The second-order valence-electron chi connectivity index (χ2n) is 4.80. The number of hydrogen-bond donors (Lipinski definition) is 1. The van der Waals surface area contributed by atoms with Crippen LogP contribution in [0.4, 0.5) is 0 Å². The zero-order chi connectivity index (χ0) is 10.8. The van der Waals surface area contributed by atoms with Crippen LogP contribution in [0.2, 0.25) is 0 Å². The lowest BCUT2D eigenvalue weighted by Gasteiger charge is -2.24. The number of ether oxygens (including phenoxy) is 1. The van der Waals surface area contributed by atoms with Gasteiger partial charge in [0.1, 0.15) is 5.60 Å². The predicted octanol–water partition coefficient (Wildman–Crippen LogP) is 1.72. The van der Waals surface area contributed by atoms with Gasteiger partial charge in [0.2, 0.25) is 0 Å². The molecule has 0 saturated heterocycles. The Labute approximate surface area is 86.2 Å². The van der Waals surface area contributed by atoms with Gasteiger partial charge in [-0.2, -0.15) is 0 Å². The van der Waals surface area contributed by atoms with E-state index in [0.29, 0.717) is 6.04 Å². The average molecular weight is 199 g/mol. The minimum Gasteiger partial charge on any atom is -0.369 e. The van der Waals surface area contributed by atoms with Crippen molar-refractivity contribution in [2.75, 3.05) is 7.11 Å². The van der Waals surface area contributed by atoms with Crippen molar-refractivity contribution in [2.45, 2.75) is 51.7 Å². The monoisotopic (exact) mass is 199 g/mol. The number of methoxy groups -OCH3 is 1. The first-order chi connectivity index (χ1) is 6.45. The molecular formula is C11H21NO2. The van der Waals surface area contributed by atoms with Gasteiger partial charge in [0.05, 0.1) is 0 Å². The second kappa shape index (κ2) is 4.30. The largest absolute Gasteiger partial charge is 0.369 e. The third kappa shape index (κ3) is 2.71. The molecule has 0 radical (unpaired) electrons. The van der Waals surface area contributed by atoms with E-state index < -0.39 is 5.60 Å². The maximum atomic E-state index is 11.7. The Bertz CT molecular complexity index is 213. The van der Waals surface area contributed by atoms with Crippen molar-refractivity contribution < 1.29 is 9.53 Å². The summed E-state index contributed by atoms with van der Waals surface area (Å²) in [6.45, 7) is 5.81. The summed E-state index contributed by atoms with van der Waals surface area (Å²) in [5, 5.41) is 3.04. The summed E-state index contributed by atoms with van der Waals surface area (Å²) >= 11 is 0. The zero-order valence-electron chi connectivity index (χ0n) is 9.59. The second-order valence-corrected chi connectivity index (χ2v) is 4.80. The van der Waals surface area contributed by atoms with Crippen LogP contribution in [-0.4, -0.2) is 24.7 Å². The number of carbonyl (C=O) groups excluding carboxylic acids is 1. The van der Waals surface area contributed by atoms with Crippen molar-refractivity contribution in [1.82, 2.24) is 5.32 Å². The lowest BCUT2D eigenvalue weighted by molar-refractivity contribution is -0.140. The molecule has 2 unspecified atom stereocenters. The Kier molecular flexibility index (Phi) is 3.53. The maximum Gasteiger partial charge on any atom is 0.251 e. The fourth-order valence-electron chi connectivity index (χ4n) is 1.79. The normalized spacial score (nSPS) is 27.7. The third-order valence-corrected chi connectivity index (χ3v) is 3.09. The molecule has 1 N–H and O–H groups in total. The molecule has 0 aromatic rings. The fraction of sp³-hybridized carbons (Fsp3) is 0.909. The highest BCUT2D eigenvalue weighted by Gasteiger charge is 2.30. The first-order valence-corrected chi connectivity index (χ1v) is 5.32. The summed E-state index contributed by atoms with van der Waals surface area (Å²) in [4.78, 5) is 11.7. The van der Waals surface area contributed by atoms with Crippen molar-refractivity contribution in [2.24, 2.45) is 5.92 Å². The summed E-state index contributed by atoms with van der Waals surface area (Å²) in [7, 11) is 1.57. The molecule has 14 heavy (non-hydrogen) atoms. The highest BCUT2D eigenvalue weighted by atomic mass is 16.5. The van der Waals surface area contributed by atoms with Gasteiger partial charge in [0, 0.05) is 13.2 Å². The summed E-state index contributed by atoms with van der Waals surface area (Å²) < 4.78 is 5.12. The standard InChI is InChI=1S/C11H21NO2/c1-8-5-6-9(7-8)12-10(13)11(2,3)14-4/h8-9H,5-7H2,1-4H3,(H,12,13). The molecule has 0 aromatic carbocycles. The molecule has 1 rings (SSSR count). The molecule has 1 aliphatic rings. The summed E-state index contributed by atoms with van der Waals surface area (Å²) in [6, 6.07) is 0.354. The molecule has 0 spiro atoms. The van der Waals surface area contributed by atoms with Crippen LogP contribution >= 0.6 is 0 Å². The number of hydrogen-bond acceptors (Lipinski definition) is 2. The summed E-state index contributed by atoms with van der Waals surface area (Å²) in [6.07, 6.45) is 3.43. The predicted molar refractivity (Wildman–Crippen MR) is 56.0 cm³/mol. The molecule has 0 aliphatic heterocycles. The highest BCUT2D eigenvalue weighted by molar-refractivity contribution is 5.84. The SMILES string of the molecule is COC(C)(C)C(=O)NC1CCC(C)C1. The number of carbonyl (C=O) groups is 1. The summed E-state index contributed by atoms with van der Waals surface area (Å²) in [5.74, 6) is 0.741. The lowest BCUT2D eigenvalue weighted by Crippen LogP contribution is -2.47. The van der Waals surface area contributed by atoms with E-state index in [1.165, 1.54) is 6.42 Å². The molecule has 1 aliphatic carbocycles. The van der Waals surface area contributed by atoms with E-state index in [1.54, 1.807) is 21.0 Å². The van der Waals surface area contributed by atoms with Crippen LogP contribution in [0.15, 0.2) is 0 Å². The van der Waals surface area contributed by atoms with Crippen molar-refractivity contribution >= 4 is 5.91 Å². The molecule has 3 nitrogen and oxygen atoms in total. The Morgan fingerprint density at radius 1 is 1.43 bits per heavy atom. The van der Waals surface area contributed by atoms with Gasteiger partial charge in [0.15, 0.2) is 0 Å². The Morgan fingerprint density at radius 3 is 2.50 bits per heavy atom. The Hall–Kier alpha value is -0.570. The highest BCUT2D eigenvalue weighted by Crippen LogP contribution is 2.25. The Balaban J connectivity index is 2.41. The van der Waals surface area contributed by atoms with Gasteiger partial charge < -0.3 is 10.1 Å². The van der Waals surface area contributed by atoms with Crippen LogP contribution in [0.25, 0.3) is 0 Å². The van der Waals surface area contributed by atoms with E-state index in [0.717, 1.165) is 18.8 Å². The first kappa shape index (κ1) is 11.5. The van der Waals surface area contributed by atoms with E-state index in [-0.39, 0.29) is 5.91 Å². The van der Waals surface area contributed by atoms with Gasteiger partial charge >= 0.3 is 0 Å². The van der Waals surface area contributed by atoms with Crippen LogP contribution in [0.1, 0.15) is 40.0 Å². The molecule has 82 valence electrons. The van der Waals surface area contributed by atoms with E-state index in [9.17, 15) is 4.79 Å². The third-order valence-electron chi connectivity index (χ3n) is 3.09. The molecule has 2 atom stereocenters. The van der Waals surface area contributed by atoms with Gasteiger partial charge in [-0.1, -0.05) is 6.92 Å². The average Bonchev–Trinajstić information content (AvgIpc) is 2.51. The molecule has 1 amide bonds. The van der Waals surface area contributed by atoms with Crippen molar-refractivity contribution in [1.29, 1.82) is 0 Å². The van der Waals surface area contributed by atoms with Gasteiger partial charge in [-0.15, -0.1) is 0 Å². The van der Waals surface area contributed by atoms with Gasteiger partial charge in [-0.25, -0.2) is 0 Å². The molecule has 0 aromatic heterocycles. The van der Waals surface area contributed by atoms with Crippen LogP contribution in [0.3, 0.4) is 0 Å². The van der Waals surface area contributed by atoms with Crippen molar-refractivity contribution in [3.63, 3.8) is 0 Å². The van der Waals surface area contributed by atoms with Crippen molar-refractivity contribution in [3.8, 4) is 0 Å². The van der Waals surface area contributed by atoms with E-state index in [1.807, 2.05) is 0 Å². The molecule has 0 bridgehead atoms. The zero-order valence-corrected chi connectivity index (χ0v) is 9.59. The maximum absolute atomic E-state index is 11.7. The number of rotatable bonds is 3. The number of amides is 1.